The third kappa shape index (κ3) is 10.5. The van der Waals surface area contributed by atoms with E-state index in [1.807, 2.05) is 6.92 Å². The number of alkyl halides is 3. The number of hydrogen-bond donors (Lipinski definition) is 2. The summed E-state index contributed by atoms with van der Waals surface area (Å²) < 4.78 is 42.2. The smallest absolute Gasteiger partial charge is 0.379 e. The highest BCUT2D eigenvalue weighted by molar-refractivity contribution is 5.79. The van der Waals surface area contributed by atoms with Gasteiger partial charge in [-0.15, -0.1) is 0 Å². The lowest BCUT2D eigenvalue weighted by Crippen LogP contribution is -2.44. The molecule has 1 saturated heterocycles. The number of hydrogen-bond acceptors (Lipinski definition) is 4. The minimum Gasteiger partial charge on any atom is -0.379 e. The average Bonchev–Trinajstić information content (AvgIpc) is 2.55. The van der Waals surface area contributed by atoms with Crippen molar-refractivity contribution < 1.29 is 17.9 Å². The Morgan fingerprint density at radius 2 is 1.96 bits per heavy atom. The lowest BCUT2D eigenvalue weighted by Gasteiger charge is -2.31. The quantitative estimate of drug-likeness (QED) is 0.364. The van der Waals surface area contributed by atoms with Crippen LogP contribution in [0.3, 0.4) is 0 Å². The topological polar surface area (TPSA) is 52.1 Å². The van der Waals surface area contributed by atoms with Gasteiger partial charge in [0.25, 0.3) is 0 Å². The number of halogens is 3. The molecule has 1 rings (SSSR count). The van der Waals surface area contributed by atoms with Crippen molar-refractivity contribution in [3.05, 3.63) is 0 Å². The molecule has 0 spiro atoms. The molecule has 2 N–H and O–H groups in total. The van der Waals surface area contributed by atoms with Gasteiger partial charge in [0.05, 0.1) is 26.3 Å². The first-order valence-electron chi connectivity index (χ1n) is 8.91. The van der Waals surface area contributed by atoms with Crippen LogP contribution in [0.5, 0.6) is 0 Å². The molecule has 25 heavy (non-hydrogen) atoms. The van der Waals surface area contributed by atoms with Gasteiger partial charge in [-0.25, -0.2) is 0 Å². The van der Waals surface area contributed by atoms with Gasteiger partial charge in [0.2, 0.25) is 0 Å². The SMILES string of the molecule is CCNC(=NCC(C)N1CCOCC1)NCCCN(C)CC(F)(F)F. The maximum Gasteiger partial charge on any atom is 0.401 e. The van der Waals surface area contributed by atoms with Crippen LogP contribution in [0.2, 0.25) is 0 Å². The minimum atomic E-state index is -4.14. The summed E-state index contributed by atoms with van der Waals surface area (Å²) in [6.45, 7) is 9.00. The van der Waals surface area contributed by atoms with Gasteiger partial charge in [-0.1, -0.05) is 0 Å². The second-order valence-corrected chi connectivity index (χ2v) is 6.35. The zero-order valence-electron chi connectivity index (χ0n) is 15.5. The summed E-state index contributed by atoms with van der Waals surface area (Å²) in [6.07, 6.45) is -3.52. The fraction of sp³-hybridized carbons (Fsp3) is 0.938. The molecule has 0 aromatic rings. The van der Waals surface area contributed by atoms with Crippen molar-refractivity contribution in [3.8, 4) is 0 Å². The molecule has 1 aliphatic heterocycles. The zero-order chi connectivity index (χ0) is 18.7. The molecule has 0 radical (unpaired) electrons. The Balaban J connectivity index is 2.30. The molecule has 1 atom stereocenters. The summed E-state index contributed by atoms with van der Waals surface area (Å²) in [4.78, 5) is 8.22. The van der Waals surface area contributed by atoms with Gasteiger partial charge < -0.3 is 15.4 Å². The predicted molar refractivity (Wildman–Crippen MR) is 94.0 cm³/mol. The van der Waals surface area contributed by atoms with E-state index >= 15 is 0 Å². The molecule has 0 amide bonds. The number of aliphatic imine (C=N–C) groups is 1. The van der Waals surface area contributed by atoms with E-state index in [-0.39, 0.29) is 0 Å². The van der Waals surface area contributed by atoms with Crippen LogP contribution < -0.4 is 10.6 Å². The molecule has 0 bridgehead atoms. The predicted octanol–water partition coefficient (Wildman–Crippen LogP) is 1.15. The van der Waals surface area contributed by atoms with Crippen molar-refractivity contribution in [3.63, 3.8) is 0 Å². The van der Waals surface area contributed by atoms with Crippen LogP contribution in [0.25, 0.3) is 0 Å². The van der Waals surface area contributed by atoms with Crippen LogP contribution in [0, 0.1) is 0 Å². The molecular weight excluding hydrogens is 335 g/mol. The van der Waals surface area contributed by atoms with Gasteiger partial charge in [-0.2, -0.15) is 13.2 Å². The summed E-state index contributed by atoms with van der Waals surface area (Å²) in [5, 5.41) is 6.35. The number of guanidine groups is 1. The first-order chi connectivity index (χ1) is 11.8. The van der Waals surface area contributed by atoms with Crippen LogP contribution in [-0.2, 0) is 4.74 Å². The van der Waals surface area contributed by atoms with E-state index < -0.39 is 12.7 Å². The van der Waals surface area contributed by atoms with Gasteiger partial charge in [-0.3, -0.25) is 14.8 Å². The van der Waals surface area contributed by atoms with Gasteiger partial charge in [0.1, 0.15) is 0 Å². The third-order valence-electron chi connectivity index (χ3n) is 3.99. The van der Waals surface area contributed by atoms with Gasteiger partial charge in [0.15, 0.2) is 5.96 Å². The molecule has 1 heterocycles. The Kier molecular flexibility index (Phi) is 10.1. The third-order valence-corrected chi connectivity index (χ3v) is 3.99. The van der Waals surface area contributed by atoms with E-state index in [9.17, 15) is 13.2 Å². The lowest BCUT2D eigenvalue weighted by atomic mass is 10.2. The first-order valence-corrected chi connectivity index (χ1v) is 8.91. The number of rotatable bonds is 9. The molecule has 0 aromatic heterocycles. The number of nitrogens with one attached hydrogen (secondary N) is 2. The summed E-state index contributed by atoms with van der Waals surface area (Å²) in [5.41, 5.74) is 0. The Morgan fingerprint density at radius 1 is 1.28 bits per heavy atom. The molecule has 148 valence electrons. The Bertz CT molecular complexity index is 386. The highest BCUT2D eigenvalue weighted by atomic mass is 19.4. The van der Waals surface area contributed by atoms with E-state index in [2.05, 4.69) is 27.4 Å². The van der Waals surface area contributed by atoms with Crippen LogP contribution >= 0.6 is 0 Å². The normalized spacial score (nSPS) is 18.4. The van der Waals surface area contributed by atoms with E-state index in [4.69, 9.17) is 4.74 Å². The molecule has 1 aliphatic rings. The fourth-order valence-corrected chi connectivity index (χ4v) is 2.64. The Hall–Kier alpha value is -1.06. The molecule has 6 nitrogen and oxygen atoms in total. The van der Waals surface area contributed by atoms with Crippen LogP contribution in [0.1, 0.15) is 20.3 Å². The Labute approximate surface area is 148 Å². The molecule has 1 fully saturated rings. The standard InChI is InChI=1S/C16H32F3N5O/c1-4-20-15(21-6-5-7-23(3)13-16(17,18)19)22-12-14(2)24-8-10-25-11-9-24/h14H,4-13H2,1-3H3,(H2,20,21,22). The molecule has 0 saturated carbocycles. The van der Waals surface area contributed by atoms with E-state index in [1.165, 1.54) is 11.9 Å². The highest BCUT2D eigenvalue weighted by Crippen LogP contribution is 2.15. The largest absolute Gasteiger partial charge is 0.401 e. The van der Waals surface area contributed by atoms with Crippen molar-refractivity contribution in [2.45, 2.75) is 32.5 Å². The second kappa shape index (κ2) is 11.5. The van der Waals surface area contributed by atoms with Crippen molar-refractivity contribution in [2.24, 2.45) is 4.99 Å². The highest BCUT2D eigenvalue weighted by Gasteiger charge is 2.28. The van der Waals surface area contributed by atoms with E-state index in [0.29, 0.717) is 38.1 Å². The monoisotopic (exact) mass is 367 g/mol. The van der Waals surface area contributed by atoms with Crippen LogP contribution in [-0.4, -0.2) is 94.1 Å². The van der Waals surface area contributed by atoms with E-state index in [1.54, 1.807) is 0 Å². The van der Waals surface area contributed by atoms with Gasteiger partial charge in [0, 0.05) is 32.2 Å². The maximum atomic E-state index is 12.3. The number of ether oxygens (including phenoxy) is 1. The van der Waals surface area contributed by atoms with Crippen molar-refractivity contribution in [1.29, 1.82) is 0 Å². The van der Waals surface area contributed by atoms with Crippen molar-refractivity contribution in [2.75, 3.05) is 66.1 Å². The summed E-state index contributed by atoms with van der Waals surface area (Å²) in [7, 11) is 1.48. The zero-order valence-corrected chi connectivity index (χ0v) is 15.5. The summed E-state index contributed by atoms with van der Waals surface area (Å²) in [6, 6.07) is 0.331. The molecule has 0 aromatic carbocycles. The van der Waals surface area contributed by atoms with Gasteiger partial charge >= 0.3 is 6.18 Å². The van der Waals surface area contributed by atoms with Crippen molar-refractivity contribution in [1.82, 2.24) is 20.4 Å². The number of morpholine rings is 1. The molecule has 0 aliphatic carbocycles. The van der Waals surface area contributed by atoms with Crippen molar-refractivity contribution >= 4 is 5.96 Å². The van der Waals surface area contributed by atoms with Crippen LogP contribution in [0.4, 0.5) is 13.2 Å². The maximum absolute atomic E-state index is 12.3. The summed E-state index contributed by atoms with van der Waals surface area (Å²) >= 11 is 0. The molecule has 1 unspecified atom stereocenters. The minimum absolute atomic E-state index is 0.331. The van der Waals surface area contributed by atoms with Crippen LogP contribution in [0.15, 0.2) is 4.99 Å². The fourth-order valence-electron chi connectivity index (χ4n) is 2.64. The number of nitrogens with zero attached hydrogens (tertiary/aromatic N) is 3. The van der Waals surface area contributed by atoms with E-state index in [0.717, 1.165) is 32.8 Å². The molecular formula is C16H32F3N5O. The average molecular weight is 367 g/mol. The molecule has 9 heteroatoms. The van der Waals surface area contributed by atoms with Gasteiger partial charge in [-0.05, 0) is 33.9 Å². The second-order valence-electron chi connectivity index (χ2n) is 6.35. The first kappa shape index (κ1) is 22.0. The Morgan fingerprint density at radius 3 is 2.56 bits per heavy atom. The summed E-state index contributed by atoms with van der Waals surface area (Å²) in [5.74, 6) is 0.709. The lowest BCUT2D eigenvalue weighted by molar-refractivity contribution is -0.143.